The first-order valence-corrected chi connectivity index (χ1v) is 11.6. The highest BCUT2D eigenvalue weighted by molar-refractivity contribution is 5.79. The van der Waals surface area contributed by atoms with Crippen molar-refractivity contribution in [3.8, 4) is 0 Å². The molecule has 0 bridgehead atoms. The zero-order valence-corrected chi connectivity index (χ0v) is 17.7. The number of amides is 1. The predicted octanol–water partition coefficient (Wildman–Crippen LogP) is 1.87. The Kier molecular flexibility index (Phi) is 7.52. The Labute approximate surface area is 175 Å². The van der Waals surface area contributed by atoms with E-state index in [2.05, 4.69) is 31.5 Å². The van der Waals surface area contributed by atoms with E-state index in [1.807, 2.05) is 18.5 Å². The molecule has 0 radical (unpaired) electrons. The van der Waals surface area contributed by atoms with Crippen LogP contribution in [0.15, 0.2) is 24.5 Å². The second-order valence-electron chi connectivity index (χ2n) is 9.14. The number of carbonyl (C=O) groups is 1. The lowest BCUT2D eigenvalue weighted by Gasteiger charge is -2.42. The first kappa shape index (κ1) is 20.8. The Morgan fingerprint density at radius 1 is 1.14 bits per heavy atom. The number of nitrogens with zero attached hydrogens (tertiary/aromatic N) is 3. The second kappa shape index (κ2) is 10.5. The van der Waals surface area contributed by atoms with Gasteiger partial charge in [0.05, 0.1) is 5.92 Å². The van der Waals surface area contributed by atoms with Crippen LogP contribution in [-0.4, -0.2) is 72.5 Å². The standard InChI is InChI=1S/C23H37N5O/c29-23(26-16-19-5-10-24-11-6-19)21-4-2-12-28(18-21)22-7-13-27(14-8-22)17-20-3-1-9-25-15-20/h1,3,9,15,19,21-22,24H,2,4-8,10-14,16-18H2,(H,26,29). The largest absolute Gasteiger partial charge is 0.356 e. The van der Waals surface area contributed by atoms with E-state index in [1.165, 1.54) is 31.2 Å². The lowest BCUT2D eigenvalue weighted by atomic mass is 9.92. The van der Waals surface area contributed by atoms with E-state index in [0.29, 0.717) is 17.9 Å². The predicted molar refractivity (Wildman–Crippen MR) is 115 cm³/mol. The zero-order chi connectivity index (χ0) is 19.9. The number of hydrogen-bond acceptors (Lipinski definition) is 5. The molecular weight excluding hydrogens is 362 g/mol. The number of carbonyl (C=O) groups excluding carboxylic acids is 1. The van der Waals surface area contributed by atoms with Crippen LogP contribution in [0.5, 0.6) is 0 Å². The van der Waals surface area contributed by atoms with Crippen molar-refractivity contribution in [3.63, 3.8) is 0 Å². The van der Waals surface area contributed by atoms with Crippen LogP contribution >= 0.6 is 0 Å². The highest BCUT2D eigenvalue weighted by Gasteiger charge is 2.31. The monoisotopic (exact) mass is 399 g/mol. The van der Waals surface area contributed by atoms with Gasteiger partial charge < -0.3 is 10.6 Å². The number of hydrogen-bond donors (Lipinski definition) is 2. The summed E-state index contributed by atoms with van der Waals surface area (Å²) in [6.45, 7) is 8.45. The molecule has 1 amide bonds. The van der Waals surface area contributed by atoms with Crippen LogP contribution in [0.2, 0.25) is 0 Å². The minimum absolute atomic E-state index is 0.180. The van der Waals surface area contributed by atoms with Gasteiger partial charge >= 0.3 is 0 Å². The third-order valence-electron chi connectivity index (χ3n) is 7.05. The van der Waals surface area contributed by atoms with Gasteiger partial charge in [-0.05, 0) is 88.8 Å². The number of pyridine rings is 1. The molecule has 3 aliphatic rings. The number of rotatable bonds is 6. The van der Waals surface area contributed by atoms with E-state index in [0.717, 1.165) is 65.2 Å². The lowest BCUT2D eigenvalue weighted by molar-refractivity contribution is -0.127. The summed E-state index contributed by atoms with van der Waals surface area (Å²) in [4.78, 5) is 22.1. The van der Waals surface area contributed by atoms with Gasteiger partial charge in [0.25, 0.3) is 0 Å². The van der Waals surface area contributed by atoms with Gasteiger partial charge in [-0.3, -0.25) is 19.6 Å². The zero-order valence-electron chi connectivity index (χ0n) is 17.7. The van der Waals surface area contributed by atoms with Gasteiger partial charge in [-0.2, -0.15) is 0 Å². The molecule has 1 aromatic heterocycles. The summed E-state index contributed by atoms with van der Waals surface area (Å²) < 4.78 is 0. The Balaban J connectivity index is 1.20. The molecule has 0 spiro atoms. The van der Waals surface area contributed by atoms with Crippen LogP contribution in [0.25, 0.3) is 0 Å². The maximum atomic E-state index is 12.8. The first-order chi connectivity index (χ1) is 14.3. The molecule has 1 atom stereocenters. The van der Waals surface area contributed by atoms with Crippen molar-refractivity contribution in [2.75, 3.05) is 45.8 Å². The molecular formula is C23H37N5O. The first-order valence-electron chi connectivity index (χ1n) is 11.6. The fourth-order valence-corrected chi connectivity index (χ4v) is 5.22. The van der Waals surface area contributed by atoms with Crippen molar-refractivity contribution in [1.29, 1.82) is 0 Å². The van der Waals surface area contributed by atoms with E-state index in [9.17, 15) is 4.79 Å². The normalized spacial score (nSPS) is 25.7. The summed E-state index contributed by atoms with van der Waals surface area (Å²) in [6.07, 6.45) is 10.8. The number of aromatic nitrogens is 1. The SMILES string of the molecule is O=C(NCC1CCNCC1)C1CCCN(C2CCN(Cc3cccnc3)CC2)C1. The van der Waals surface area contributed by atoms with Crippen molar-refractivity contribution in [1.82, 2.24) is 25.4 Å². The van der Waals surface area contributed by atoms with E-state index in [-0.39, 0.29) is 5.92 Å². The van der Waals surface area contributed by atoms with Gasteiger partial charge in [-0.1, -0.05) is 6.07 Å². The number of likely N-dealkylation sites (tertiary alicyclic amines) is 2. The molecule has 160 valence electrons. The molecule has 2 N–H and O–H groups in total. The average molecular weight is 400 g/mol. The molecule has 3 saturated heterocycles. The average Bonchev–Trinajstić information content (AvgIpc) is 2.79. The van der Waals surface area contributed by atoms with Gasteiger partial charge in [0.15, 0.2) is 0 Å². The van der Waals surface area contributed by atoms with Gasteiger partial charge in [-0.15, -0.1) is 0 Å². The summed E-state index contributed by atoms with van der Waals surface area (Å²) in [5, 5.41) is 6.67. The molecule has 6 heteroatoms. The molecule has 1 aromatic rings. The lowest BCUT2D eigenvalue weighted by Crippen LogP contribution is -2.51. The van der Waals surface area contributed by atoms with E-state index in [1.54, 1.807) is 0 Å². The van der Waals surface area contributed by atoms with Crippen LogP contribution in [0.1, 0.15) is 44.1 Å². The van der Waals surface area contributed by atoms with Crippen LogP contribution in [0.3, 0.4) is 0 Å². The van der Waals surface area contributed by atoms with Crippen LogP contribution < -0.4 is 10.6 Å². The summed E-state index contributed by atoms with van der Waals surface area (Å²) >= 11 is 0. The molecule has 3 fully saturated rings. The topological polar surface area (TPSA) is 60.5 Å². The van der Waals surface area contributed by atoms with Crippen LogP contribution in [-0.2, 0) is 11.3 Å². The van der Waals surface area contributed by atoms with Crippen molar-refractivity contribution >= 4 is 5.91 Å². The summed E-state index contributed by atoms with van der Waals surface area (Å²) in [6, 6.07) is 4.82. The molecule has 4 heterocycles. The van der Waals surface area contributed by atoms with Gasteiger partial charge in [-0.25, -0.2) is 0 Å². The summed E-state index contributed by atoms with van der Waals surface area (Å²) in [5.41, 5.74) is 1.30. The summed E-state index contributed by atoms with van der Waals surface area (Å²) in [5.74, 6) is 1.13. The summed E-state index contributed by atoms with van der Waals surface area (Å²) in [7, 11) is 0. The highest BCUT2D eigenvalue weighted by atomic mass is 16.1. The molecule has 0 saturated carbocycles. The van der Waals surface area contributed by atoms with E-state index in [4.69, 9.17) is 0 Å². The quantitative estimate of drug-likeness (QED) is 0.765. The minimum atomic E-state index is 0.180. The fourth-order valence-electron chi connectivity index (χ4n) is 5.22. The maximum Gasteiger partial charge on any atom is 0.224 e. The third kappa shape index (κ3) is 6.00. The number of piperidine rings is 3. The van der Waals surface area contributed by atoms with Gasteiger partial charge in [0.2, 0.25) is 5.91 Å². The van der Waals surface area contributed by atoms with E-state index >= 15 is 0 Å². The van der Waals surface area contributed by atoms with Crippen molar-refractivity contribution in [3.05, 3.63) is 30.1 Å². The molecule has 3 aliphatic heterocycles. The molecule has 6 nitrogen and oxygen atoms in total. The Bertz CT molecular complexity index is 625. The molecule has 1 unspecified atom stereocenters. The molecule has 4 rings (SSSR count). The minimum Gasteiger partial charge on any atom is -0.356 e. The van der Waals surface area contributed by atoms with Crippen LogP contribution in [0, 0.1) is 11.8 Å². The highest BCUT2D eigenvalue weighted by Crippen LogP contribution is 2.25. The van der Waals surface area contributed by atoms with Crippen molar-refractivity contribution in [2.45, 2.75) is 51.1 Å². The Hall–Kier alpha value is -1.50. The Morgan fingerprint density at radius 2 is 1.97 bits per heavy atom. The second-order valence-corrected chi connectivity index (χ2v) is 9.14. The van der Waals surface area contributed by atoms with Gasteiger partial charge in [0.1, 0.15) is 0 Å². The molecule has 0 aromatic carbocycles. The van der Waals surface area contributed by atoms with E-state index < -0.39 is 0 Å². The van der Waals surface area contributed by atoms with Gasteiger partial charge in [0, 0.05) is 38.1 Å². The van der Waals surface area contributed by atoms with Crippen LogP contribution in [0.4, 0.5) is 0 Å². The smallest absolute Gasteiger partial charge is 0.224 e. The fraction of sp³-hybridized carbons (Fsp3) is 0.739. The molecule has 0 aliphatic carbocycles. The third-order valence-corrected chi connectivity index (χ3v) is 7.05. The van der Waals surface area contributed by atoms with Crippen molar-refractivity contribution in [2.24, 2.45) is 11.8 Å². The Morgan fingerprint density at radius 3 is 2.72 bits per heavy atom. The van der Waals surface area contributed by atoms with Crippen molar-refractivity contribution < 1.29 is 4.79 Å². The number of nitrogens with one attached hydrogen (secondary N) is 2. The maximum absolute atomic E-state index is 12.8. The molecule has 29 heavy (non-hydrogen) atoms.